The quantitative estimate of drug-likeness (QED) is 0.360. The second kappa shape index (κ2) is 11.4. The Hall–Kier alpha value is -1.11. The van der Waals surface area contributed by atoms with E-state index in [1.807, 2.05) is 0 Å². The van der Waals surface area contributed by atoms with Gasteiger partial charge in [0.15, 0.2) is 5.96 Å². The van der Waals surface area contributed by atoms with E-state index in [0.717, 1.165) is 36.5 Å². The van der Waals surface area contributed by atoms with E-state index >= 15 is 0 Å². The first-order chi connectivity index (χ1) is 11.5. The summed E-state index contributed by atoms with van der Waals surface area (Å²) in [5.74, 6) is 0.817. The Morgan fingerprint density at radius 1 is 1.12 bits per heavy atom. The van der Waals surface area contributed by atoms with Gasteiger partial charge in [0.1, 0.15) is 0 Å². The topological polar surface area (TPSA) is 54.9 Å². The first-order valence-corrected chi connectivity index (χ1v) is 9.06. The highest BCUT2D eigenvalue weighted by Crippen LogP contribution is 2.23. The van der Waals surface area contributed by atoms with Gasteiger partial charge in [0.25, 0.3) is 0 Å². The molecule has 1 aromatic carbocycles. The first kappa shape index (κ1) is 20.9. The number of ether oxygens (including phenoxy) is 2. The summed E-state index contributed by atoms with van der Waals surface area (Å²) in [6.07, 6.45) is 0.931. The zero-order valence-corrected chi connectivity index (χ0v) is 16.8. The van der Waals surface area contributed by atoms with Crippen molar-refractivity contribution < 1.29 is 9.47 Å². The average molecular weight is 400 g/mol. The normalized spacial score (nSPS) is 12.3. The molecule has 0 aliphatic rings. The number of methoxy groups -OCH3 is 1. The molecule has 136 valence electrons. The number of nitrogens with zero attached hydrogens (tertiary/aromatic N) is 1. The van der Waals surface area contributed by atoms with Gasteiger partial charge in [0.05, 0.1) is 13.2 Å². The highest BCUT2D eigenvalue weighted by atomic mass is 79.9. The van der Waals surface area contributed by atoms with Gasteiger partial charge < -0.3 is 20.1 Å². The van der Waals surface area contributed by atoms with E-state index in [1.165, 1.54) is 5.56 Å². The van der Waals surface area contributed by atoms with Crippen LogP contribution in [0.3, 0.4) is 0 Å². The SMILES string of the molecule is CN=C(NCCCOCCOC)NCC(C)(C)c1ccc(Br)cc1. The second-order valence-corrected chi connectivity index (χ2v) is 7.12. The lowest BCUT2D eigenvalue weighted by Gasteiger charge is -2.27. The van der Waals surface area contributed by atoms with Gasteiger partial charge in [-0.05, 0) is 24.1 Å². The summed E-state index contributed by atoms with van der Waals surface area (Å²) in [7, 11) is 3.47. The van der Waals surface area contributed by atoms with Crippen LogP contribution >= 0.6 is 15.9 Å². The van der Waals surface area contributed by atoms with E-state index in [4.69, 9.17) is 9.47 Å². The fourth-order valence-corrected chi connectivity index (χ4v) is 2.42. The maximum Gasteiger partial charge on any atom is 0.191 e. The van der Waals surface area contributed by atoms with Gasteiger partial charge in [-0.15, -0.1) is 0 Å². The molecule has 0 radical (unpaired) electrons. The number of aliphatic imine (C=N–C) groups is 1. The molecule has 0 aliphatic carbocycles. The second-order valence-electron chi connectivity index (χ2n) is 6.20. The van der Waals surface area contributed by atoms with Crippen molar-refractivity contribution in [1.29, 1.82) is 0 Å². The Balaban J connectivity index is 2.31. The fraction of sp³-hybridized carbons (Fsp3) is 0.611. The van der Waals surface area contributed by atoms with Crippen LogP contribution in [-0.4, -0.2) is 53.0 Å². The standard InChI is InChI=1S/C18H30BrN3O2/c1-18(2,15-6-8-16(19)9-7-15)14-22-17(20-3)21-10-5-11-24-13-12-23-4/h6-9H,5,10-14H2,1-4H3,(H2,20,21,22). The zero-order valence-electron chi connectivity index (χ0n) is 15.2. The third-order valence-corrected chi connectivity index (χ3v) is 4.27. The molecule has 0 aromatic heterocycles. The monoisotopic (exact) mass is 399 g/mol. The first-order valence-electron chi connectivity index (χ1n) is 8.27. The summed E-state index contributed by atoms with van der Waals surface area (Å²) >= 11 is 3.48. The van der Waals surface area contributed by atoms with Crippen molar-refractivity contribution in [2.24, 2.45) is 4.99 Å². The van der Waals surface area contributed by atoms with Crippen LogP contribution in [0, 0.1) is 0 Å². The van der Waals surface area contributed by atoms with E-state index in [-0.39, 0.29) is 5.41 Å². The number of benzene rings is 1. The maximum absolute atomic E-state index is 5.44. The smallest absolute Gasteiger partial charge is 0.191 e. The Bertz CT molecular complexity index is 490. The van der Waals surface area contributed by atoms with E-state index in [1.54, 1.807) is 14.2 Å². The molecular weight excluding hydrogens is 370 g/mol. The van der Waals surface area contributed by atoms with E-state index in [0.29, 0.717) is 13.2 Å². The van der Waals surface area contributed by atoms with Crippen LogP contribution in [0.15, 0.2) is 33.7 Å². The van der Waals surface area contributed by atoms with Crippen LogP contribution in [0.5, 0.6) is 0 Å². The summed E-state index contributed by atoms with van der Waals surface area (Å²) in [6.45, 7) is 8.08. The molecule has 1 aromatic rings. The lowest BCUT2D eigenvalue weighted by Crippen LogP contribution is -2.43. The van der Waals surface area contributed by atoms with Gasteiger partial charge in [0, 0.05) is 43.7 Å². The number of nitrogens with one attached hydrogen (secondary N) is 2. The maximum atomic E-state index is 5.44. The van der Waals surface area contributed by atoms with Crippen molar-refractivity contribution in [1.82, 2.24) is 10.6 Å². The largest absolute Gasteiger partial charge is 0.382 e. The average Bonchev–Trinajstić information content (AvgIpc) is 2.57. The van der Waals surface area contributed by atoms with E-state index in [2.05, 4.69) is 69.7 Å². The summed E-state index contributed by atoms with van der Waals surface area (Å²) in [4.78, 5) is 4.27. The summed E-state index contributed by atoms with van der Waals surface area (Å²) in [6, 6.07) is 8.46. The fourth-order valence-electron chi connectivity index (χ4n) is 2.15. The Morgan fingerprint density at radius 2 is 1.83 bits per heavy atom. The molecule has 6 heteroatoms. The van der Waals surface area contributed by atoms with Gasteiger partial charge in [-0.2, -0.15) is 0 Å². The molecule has 0 saturated heterocycles. The summed E-state index contributed by atoms with van der Waals surface area (Å²) < 4.78 is 11.5. The van der Waals surface area contributed by atoms with Crippen LogP contribution in [0.4, 0.5) is 0 Å². The molecule has 0 amide bonds. The Kier molecular flexibility index (Phi) is 9.98. The molecule has 0 heterocycles. The Labute approximate surface area is 154 Å². The zero-order chi connectivity index (χ0) is 17.8. The highest BCUT2D eigenvalue weighted by molar-refractivity contribution is 9.10. The van der Waals surface area contributed by atoms with Crippen molar-refractivity contribution in [3.8, 4) is 0 Å². The third kappa shape index (κ3) is 8.13. The van der Waals surface area contributed by atoms with Crippen LogP contribution in [0.1, 0.15) is 25.8 Å². The molecule has 0 saturated carbocycles. The molecule has 0 atom stereocenters. The molecule has 0 spiro atoms. The van der Waals surface area contributed by atoms with Crippen molar-refractivity contribution in [3.63, 3.8) is 0 Å². The number of guanidine groups is 1. The van der Waals surface area contributed by atoms with Crippen LogP contribution < -0.4 is 10.6 Å². The minimum atomic E-state index is 0.0155. The number of hydrogen-bond acceptors (Lipinski definition) is 3. The molecule has 0 fully saturated rings. The van der Waals surface area contributed by atoms with Crippen LogP contribution in [-0.2, 0) is 14.9 Å². The minimum absolute atomic E-state index is 0.0155. The Morgan fingerprint density at radius 3 is 2.46 bits per heavy atom. The number of rotatable bonds is 10. The molecule has 0 unspecified atom stereocenters. The third-order valence-electron chi connectivity index (χ3n) is 3.74. The van der Waals surface area contributed by atoms with Crippen molar-refractivity contribution >= 4 is 21.9 Å². The predicted molar refractivity (Wildman–Crippen MR) is 104 cm³/mol. The van der Waals surface area contributed by atoms with Crippen molar-refractivity contribution in [2.75, 3.05) is 47.1 Å². The molecule has 2 N–H and O–H groups in total. The summed E-state index contributed by atoms with van der Waals surface area (Å²) in [5, 5.41) is 6.71. The van der Waals surface area contributed by atoms with E-state index in [9.17, 15) is 0 Å². The van der Waals surface area contributed by atoms with Gasteiger partial charge in [0.2, 0.25) is 0 Å². The van der Waals surface area contributed by atoms with Crippen molar-refractivity contribution in [2.45, 2.75) is 25.7 Å². The van der Waals surface area contributed by atoms with Gasteiger partial charge in [-0.1, -0.05) is 41.9 Å². The summed E-state index contributed by atoms with van der Waals surface area (Å²) in [5.41, 5.74) is 1.31. The molecule has 0 bridgehead atoms. The lowest BCUT2D eigenvalue weighted by atomic mass is 9.85. The predicted octanol–water partition coefficient (Wildman–Crippen LogP) is 2.94. The van der Waals surface area contributed by atoms with Crippen molar-refractivity contribution in [3.05, 3.63) is 34.3 Å². The van der Waals surface area contributed by atoms with Crippen LogP contribution in [0.25, 0.3) is 0 Å². The molecular formula is C18H30BrN3O2. The lowest BCUT2D eigenvalue weighted by molar-refractivity contribution is 0.0698. The minimum Gasteiger partial charge on any atom is -0.382 e. The van der Waals surface area contributed by atoms with Gasteiger partial charge in [-0.25, -0.2) is 0 Å². The number of halogens is 1. The highest BCUT2D eigenvalue weighted by Gasteiger charge is 2.20. The molecule has 24 heavy (non-hydrogen) atoms. The molecule has 0 aliphatic heterocycles. The van der Waals surface area contributed by atoms with Crippen LogP contribution in [0.2, 0.25) is 0 Å². The van der Waals surface area contributed by atoms with Gasteiger partial charge in [-0.3, -0.25) is 4.99 Å². The number of hydrogen-bond donors (Lipinski definition) is 2. The van der Waals surface area contributed by atoms with E-state index < -0.39 is 0 Å². The molecule has 5 nitrogen and oxygen atoms in total. The van der Waals surface area contributed by atoms with Gasteiger partial charge >= 0.3 is 0 Å². The molecule has 1 rings (SSSR count).